The van der Waals surface area contributed by atoms with Crippen LogP contribution in [-0.2, 0) is 0 Å². The summed E-state index contributed by atoms with van der Waals surface area (Å²) in [4.78, 5) is 15.4. The summed E-state index contributed by atoms with van der Waals surface area (Å²) >= 11 is 3.52. The van der Waals surface area contributed by atoms with Gasteiger partial charge in [-0.25, -0.2) is 4.79 Å². The fourth-order valence-corrected chi connectivity index (χ4v) is 3.16. The molecule has 0 aromatic heterocycles. The van der Waals surface area contributed by atoms with Crippen LogP contribution in [0, 0.1) is 6.92 Å². The number of amides is 2. The zero-order valence-electron chi connectivity index (χ0n) is 12.3. The zero-order chi connectivity index (χ0) is 14.7. The van der Waals surface area contributed by atoms with Crippen LogP contribution < -0.4 is 5.32 Å². The van der Waals surface area contributed by atoms with E-state index < -0.39 is 0 Å². The van der Waals surface area contributed by atoms with Crippen LogP contribution in [0.2, 0.25) is 0 Å². The summed E-state index contributed by atoms with van der Waals surface area (Å²) in [6.07, 6.45) is 1.98. The highest BCUT2D eigenvalue weighted by molar-refractivity contribution is 9.10. The first-order chi connectivity index (χ1) is 9.45. The van der Waals surface area contributed by atoms with Gasteiger partial charge in [0.1, 0.15) is 0 Å². The lowest BCUT2D eigenvalue weighted by atomic mass is 10.0. The number of likely N-dealkylation sites (tertiary alicyclic amines) is 1. The Morgan fingerprint density at radius 3 is 2.50 bits per heavy atom. The number of hydrogen-bond acceptors (Lipinski definition) is 2. The third-order valence-electron chi connectivity index (χ3n) is 3.56. The lowest BCUT2D eigenvalue weighted by Crippen LogP contribution is -2.46. The molecule has 1 aliphatic heterocycles. The van der Waals surface area contributed by atoms with E-state index in [1.54, 1.807) is 19.0 Å². The molecule has 1 aromatic rings. The normalized spacial score (nSPS) is 16.1. The summed E-state index contributed by atoms with van der Waals surface area (Å²) in [5.41, 5.74) is 2.39. The van der Waals surface area contributed by atoms with Gasteiger partial charge in [-0.3, -0.25) is 0 Å². The molecule has 1 aromatic carbocycles. The van der Waals surface area contributed by atoms with Crippen LogP contribution in [0.1, 0.15) is 18.4 Å². The molecule has 0 radical (unpaired) electrons. The predicted octanol–water partition coefficient (Wildman–Crippen LogP) is 3.32. The Morgan fingerprint density at radius 2 is 1.95 bits per heavy atom. The number of carbonyl (C=O) groups excluding carboxylic acids is 1. The van der Waals surface area contributed by atoms with E-state index in [4.69, 9.17) is 0 Å². The van der Waals surface area contributed by atoms with Crippen LogP contribution >= 0.6 is 15.9 Å². The average molecular weight is 340 g/mol. The highest BCUT2D eigenvalue weighted by Crippen LogP contribution is 2.22. The molecular formula is C15H22BrN3O. The first-order valence-corrected chi connectivity index (χ1v) is 7.75. The smallest absolute Gasteiger partial charge is 0.319 e. The minimum absolute atomic E-state index is 0.113. The molecule has 20 heavy (non-hydrogen) atoms. The highest BCUT2D eigenvalue weighted by Gasteiger charge is 2.23. The van der Waals surface area contributed by atoms with Crippen LogP contribution in [0.15, 0.2) is 22.7 Å². The van der Waals surface area contributed by atoms with Gasteiger partial charge < -0.3 is 15.1 Å². The second kappa shape index (κ2) is 6.48. The molecule has 0 spiro atoms. The van der Waals surface area contributed by atoms with Crippen molar-refractivity contribution < 1.29 is 4.79 Å². The number of aryl methyl sites for hydroxylation is 1. The minimum atomic E-state index is 0.113. The maximum atomic E-state index is 11.9. The van der Waals surface area contributed by atoms with Gasteiger partial charge in [0.05, 0.1) is 0 Å². The average Bonchev–Trinajstić information content (AvgIpc) is 2.37. The van der Waals surface area contributed by atoms with Gasteiger partial charge in [-0.2, -0.15) is 0 Å². The van der Waals surface area contributed by atoms with Gasteiger partial charge >= 0.3 is 6.03 Å². The van der Waals surface area contributed by atoms with Crippen molar-refractivity contribution >= 4 is 27.6 Å². The van der Waals surface area contributed by atoms with Crippen molar-refractivity contribution in [2.75, 3.05) is 32.5 Å². The molecular weight excluding hydrogens is 318 g/mol. The third-order valence-corrected chi connectivity index (χ3v) is 4.02. The highest BCUT2D eigenvalue weighted by atomic mass is 79.9. The van der Waals surface area contributed by atoms with E-state index in [0.717, 1.165) is 36.1 Å². The Hall–Kier alpha value is -1.23. The molecule has 1 N–H and O–H groups in total. The Labute approximate surface area is 129 Å². The summed E-state index contributed by atoms with van der Waals surface area (Å²) < 4.78 is 1.10. The minimum Gasteiger partial charge on any atom is -0.382 e. The molecule has 1 fully saturated rings. The first kappa shape index (κ1) is 15.2. The molecule has 0 bridgehead atoms. The van der Waals surface area contributed by atoms with Crippen molar-refractivity contribution in [3.05, 3.63) is 28.2 Å². The Kier molecular flexibility index (Phi) is 4.91. The Morgan fingerprint density at radius 1 is 1.30 bits per heavy atom. The van der Waals surface area contributed by atoms with Gasteiger partial charge in [-0.15, -0.1) is 0 Å². The molecule has 2 amide bonds. The van der Waals surface area contributed by atoms with Crippen molar-refractivity contribution in [2.45, 2.75) is 25.8 Å². The van der Waals surface area contributed by atoms with Crippen LogP contribution in [0.5, 0.6) is 0 Å². The monoisotopic (exact) mass is 339 g/mol. The van der Waals surface area contributed by atoms with Gasteiger partial charge in [0.25, 0.3) is 0 Å². The van der Waals surface area contributed by atoms with Gasteiger partial charge in [0, 0.05) is 43.4 Å². The molecule has 4 nitrogen and oxygen atoms in total. The number of hydrogen-bond donors (Lipinski definition) is 1. The molecule has 1 aliphatic rings. The van der Waals surface area contributed by atoms with Crippen molar-refractivity contribution in [2.24, 2.45) is 0 Å². The van der Waals surface area contributed by atoms with E-state index in [2.05, 4.69) is 46.4 Å². The Bertz CT molecular complexity index is 462. The van der Waals surface area contributed by atoms with Gasteiger partial charge in [-0.1, -0.05) is 15.9 Å². The second-order valence-corrected chi connectivity index (χ2v) is 6.52. The summed E-state index contributed by atoms with van der Waals surface area (Å²) in [5, 5.41) is 3.57. The van der Waals surface area contributed by atoms with Crippen molar-refractivity contribution in [3.8, 4) is 0 Å². The van der Waals surface area contributed by atoms with E-state index in [1.165, 1.54) is 5.56 Å². The molecule has 1 heterocycles. The van der Waals surface area contributed by atoms with E-state index in [9.17, 15) is 4.79 Å². The number of halogens is 1. The second-order valence-electron chi connectivity index (χ2n) is 5.60. The van der Waals surface area contributed by atoms with E-state index >= 15 is 0 Å². The third kappa shape index (κ3) is 3.88. The zero-order valence-corrected chi connectivity index (χ0v) is 13.9. The fourth-order valence-electron chi connectivity index (χ4n) is 2.55. The molecule has 110 valence electrons. The number of nitrogens with one attached hydrogen (secondary N) is 1. The summed E-state index contributed by atoms with van der Waals surface area (Å²) in [5.74, 6) is 0. The number of rotatable bonds is 2. The lowest BCUT2D eigenvalue weighted by molar-refractivity contribution is 0.158. The number of anilines is 1. The van der Waals surface area contributed by atoms with Crippen LogP contribution in [-0.4, -0.2) is 49.1 Å². The largest absolute Gasteiger partial charge is 0.382 e. The number of benzene rings is 1. The molecule has 0 unspecified atom stereocenters. The molecule has 1 saturated heterocycles. The van der Waals surface area contributed by atoms with E-state index in [1.807, 2.05) is 4.90 Å². The van der Waals surface area contributed by atoms with Crippen molar-refractivity contribution in [3.63, 3.8) is 0 Å². The van der Waals surface area contributed by atoms with Crippen LogP contribution in [0.4, 0.5) is 10.5 Å². The Balaban J connectivity index is 1.90. The fraction of sp³-hybridized carbons (Fsp3) is 0.533. The van der Waals surface area contributed by atoms with E-state index in [-0.39, 0.29) is 6.03 Å². The quantitative estimate of drug-likeness (QED) is 0.897. The van der Waals surface area contributed by atoms with E-state index in [0.29, 0.717) is 6.04 Å². The van der Waals surface area contributed by atoms with Gasteiger partial charge in [0.2, 0.25) is 0 Å². The molecule has 2 rings (SSSR count). The van der Waals surface area contributed by atoms with Crippen LogP contribution in [0.3, 0.4) is 0 Å². The maximum absolute atomic E-state index is 11.9. The topological polar surface area (TPSA) is 35.6 Å². The predicted molar refractivity (Wildman–Crippen MR) is 86.2 cm³/mol. The SMILES string of the molecule is Cc1cc(Br)cc(NC2CCN(C(=O)N(C)C)CC2)c1. The lowest BCUT2D eigenvalue weighted by Gasteiger charge is -2.34. The van der Waals surface area contributed by atoms with Gasteiger partial charge in [0.15, 0.2) is 0 Å². The van der Waals surface area contributed by atoms with Gasteiger partial charge in [-0.05, 0) is 43.5 Å². The number of piperidine rings is 1. The van der Waals surface area contributed by atoms with Crippen molar-refractivity contribution in [1.82, 2.24) is 9.80 Å². The molecule has 5 heteroatoms. The summed E-state index contributed by atoms with van der Waals surface area (Å²) in [7, 11) is 3.61. The number of nitrogens with zero attached hydrogens (tertiary/aromatic N) is 2. The van der Waals surface area contributed by atoms with Crippen molar-refractivity contribution in [1.29, 1.82) is 0 Å². The van der Waals surface area contributed by atoms with Crippen LogP contribution in [0.25, 0.3) is 0 Å². The first-order valence-electron chi connectivity index (χ1n) is 6.95. The standard InChI is InChI=1S/C15H22BrN3O/c1-11-8-12(16)10-14(9-11)17-13-4-6-19(7-5-13)15(20)18(2)3/h8-10,13,17H,4-7H2,1-3H3. The summed E-state index contributed by atoms with van der Waals surface area (Å²) in [6, 6.07) is 6.91. The molecule has 0 aliphatic carbocycles. The molecule has 0 atom stereocenters. The maximum Gasteiger partial charge on any atom is 0.319 e. The number of urea groups is 1. The summed E-state index contributed by atoms with van der Waals surface area (Å²) in [6.45, 7) is 3.73. The number of carbonyl (C=O) groups is 1. The molecule has 0 saturated carbocycles.